The molecule has 1 unspecified atom stereocenters. The van der Waals surface area contributed by atoms with E-state index in [2.05, 4.69) is 4.98 Å². The van der Waals surface area contributed by atoms with Crippen LogP contribution in [0.2, 0.25) is 5.02 Å². The molecule has 0 radical (unpaired) electrons. The Hall–Kier alpha value is -1.97. The number of para-hydroxylation sites is 1. The van der Waals surface area contributed by atoms with Crippen molar-refractivity contribution in [1.29, 1.82) is 0 Å². The van der Waals surface area contributed by atoms with Crippen LogP contribution in [-0.2, 0) is 0 Å². The summed E-state index contributed by atoms with van der Waals surface area (Å²) in [6.07, 6.45) is 0.625. The van der Waals surface area contributed by atoms with E-state index in [1.54, 1.807) is 12.3 Å². The molecule has 1 heterocycles. The van der Waals surface area contributed by atoms with Gasteiger partial charge in [0.15, 0.2) is 0 Å². The lowest BCUT2D eigenvalue weighted by Gasteiger charge is -2.15. The number of aliphatic hydroxyl groups is 1. The van der Waals surface area contributed by atoms with Gasteiger partial charge in [-0.1, -0.05) is 29.8 Å². The van der Waals surface area contributed by atoms with Crippen molar-refractivity contribution in [1.82, 2.24) is 4.98 Å². The molecular formula is C16H11ClFNO. The molecule has 0 aliphatic carbocycles. The first-order valence-corrected chi connectivity index (χ1v) is 6.51. The van der Waals surface area contributed by atoms with Crippen LogP contribution in [0.25, 0.3) is 10.9 Å². The third-order valence-corrected chi connectivity index (χ3v) is 3.57. The van der Waals surface area contributed by atoms with Crippen LogP contribution in [0, 0.1) is 5.82 Å². The average Bonchev–Trinajstić information content (AvgIpc) is 2.48. The van der Waals surface area contributed by atoms with Crippen molar-refractivity contribution in [3.05, 3.63) is 76.7 Å². The van der Waals surface area contributed by atoms with Gasteiger partial charge in [0.25, 0.3) is 0 Å². The summed E-state index contributed by atoms with van der Waals surface area (Å²) in [5.41, 5.74) is 1.78. The van der Waals surface area contributed by atoms with Gasteiger partial charge in [-0.2, -0.15) is 0 Å². The topological polar surface area (TPSA) is 33.1 Å². The number of hydrogen-bond acceptors (Lipinski definition) is 2. The maximum atomic E-state index is 13.4. The molecule has 0 amide bonds. The lowest BCUT2D eigenvalue weighted by atomic mass is 9.98. The summed E-state index contributed by atoms with van der Waals surface area (Å²) in [6, 6.07) is 13.2. The van der Waals surface area contributed by atoms with Gasteiger partial charge in [-0.05, 0) is 35.9 Å². The summed E-state index contributed by atoms with van der Waals surface area (Å²) in [6.45, 7) is 0. The molecule has 2 nitrogen and oxygen atoms in total. The standard InChI is InChI=1S/C16H11ClFNO/c17-14-6-5-10(18)9-13(14)16(20)12-7-8-19-15-4-2-1-3-11(12)15/h1-9,16,20H. The van der Waals surface area contributed by atoms with Crippen molar-refractivity contribution in [3.63, 3.8) is 0 Å². The fourth-order valence-electron chi connectivity index (χ4n) is 2.25. The number of fused-ring (bicyclic) bond motifs is 1. The Morgan fingerprint density at radius 2 is 1.85 bits per heavy atom. The minimum absolute atomic E-state index is 0.333. The molecule has 3 rings (SSSR count). The molecule has 0 saturated heterocycles. The highest BCUT2D eigenvalue weighted by Gasteiger charge is 2.17. The third kappa shape index (κ3) is 2.26. The minimum Gasteiger partial charge on any atom is -0.384 e. The smallest absolute Gasteiger partial charge is 0.123 e. The molecule has 0 fully saturated rings. The molecule has 2 aromatic carbocycles. The maximum absolute atomic E-state index is 13.4. The summed E-state index contributed by atoms with van der Waals surface area (Å²) in [5.74, 6) is -0.429. The van der Waals surface area contributed by atoms with Crippen molar-refractivity contribution < 1.29 is 9.50 Å². The fourth-order valence-corrected chi connectivity index (χ4v) is 2.47. The maximum Gasteiger partial charge on any atom is 0.123 e. The molecule has 1 atom stereocenters. The highest BCUT2D eigenvalue weighted by molar-refractivity contribution is 6.31. The van der Waals surface area contributed by atoms with Crippen molar-refractivity contribution in [2.75, 3.05) is 0 Å². The van der Waals surface area contributed by atoms with E-state index in [1.165, 1.54) is 18.2 Å². The van der Waals surface area contributed by atoms with Crippen LogP contribution in [0.1, 0.15) is 17.2 Å². The van der Waals surface area contributed by atoms with Crippen molar-refractivity contribution in [2.24, 2.45) is 0 Å². The first-order chi connectivity index (χ1) is 9.66. The van der Waals surface area contributed by atoms with E-state index in [0.717, 1.165) is 10.9 Å². The largest absolute Gasteiger partial charge is 0.384 e. The molecule has 3 aromatic rings. The van der Waals surface area contributed by atoms with Crippen LogP contribution in [-0.4, -0.2) is 10.1 Å². The number of pyridine rings is 1. The molecule has 1 aromatic heterocycles. The summed E-state index contributed by atoms with van der Waals surface area (Å²) in [7, 11) is 0. The predicted octanol–water partition coefficient (Wildman–Crippen LogP) is 4.11. The minimum atomic E-state index is -0.994. The van der Waals surface area contributed by atoms with Gasteiger partial charge in [-0.25, -0.2) is 4.39 Å². The van der Waals surface area contributed by atoms with Gasteiger partial charge in [0.05, 0.1) is 5.52 Å². The van der Waals surface area contributed by atoms with E-state index < -0.39 is 11.9 Å². The molecular weight excluding hydrogens is 277 g/mol. The van der Waals surface area contributed by atoms with Gasteiger partial charge in [-0.3, -0.25) is 4.98 Å². The summed E-state index contributed by atoms with van der Waals surface area (Å²) in [5, 5.41) is 11.7. The zero-order valence-electron chi connectivity index (χ0n) is 10.4. The van der Waals surface area contributed by atoms with Crippen LogP contribution < -0.4 is 0 Å². The van der Waals surface area contributed by atoms with Crippen LogP contribution in [0.5, 0.6) is 0 Å². The monoisotopic (exact) mass is 287 g/mol. The number of halogens is 2. The molecule has 20 heavy (non-hydrogen) atoms. The van der Waals surface area contributed by atoms with Crippen LogP contribution >= 0.6 is 11.6 Å². The van der Waals surface area contributed by atoms with Crippen LogP contribution in [0.3, 0.4) is 0 Å². The molecule has 0 saturated carbocycles. The lowest BCUT2D eigenvalue weighted by molar-refractivity contribution is 0.221. The second kappa shape index (κ2) is 5.19. The molecule has 1 N–H and O–H groups in total. The first-order valence-electron chi connectivity index (χ1n) is 6.13. The Balaban J connectivity index is 2.17. The molecule has 0 aliphatic heterocycles. The summed E-state index contributed by atoms with van der Waals surface area (Å²) >= 11 is 6.05. The molecule has 0 aliphatic rings. The Kier molecular flexibility index (Phi) is 3.38. The Morgan fingerprint density at radius 1 is 1.05 bits per heavy atom. The zero-order chi connectivity index (χ0) is 14.1. The van der Waals surface area contributed by atoms with E-state index in [1.807, 2.05) is 24.3 Å². The van der Waals surface area contributed by atoms with Gasteiger partial charge in [-0.15, -0.1) is 0 Å². The molecule has 100 valence electrons. The van der Waals surface area contributed by atoms with E-state index >= 15 is 0 Å². The number of rotatable bonds is 2. The van der Waals surface area contributed by atoms with Gasteiger partial charge in [0, 0.05) is 22.2 Å². The lowest BCUT2D eigenvalue weighted by Crippen LogP contribution is -2.02. The molecule has 0 bridgehead atoms. The molecule has 0 spiro atoms. The molecule has 4 heteroatoms. The van der Waals surface area contributed by atoms with Crippen molar-refractivity contribution >= 4 is 22.5 Å². The van der Waals surface area contributed by atoms with Gasteiger partial charge >= 0.3 is 0 Å². The number of hydrogen-bond donors (Lipinski definition) is 1. The first kappa shape index (κ1) is 13.0. The van der Waals surface area contributed by atoms with Crippen LogP contribution in [0.15, 0.2) is 54.7 Å². The average molecular weight is 288 g/mol. The second-order valence-electron chi connectivity index (χ2n) is 4.49. The highest BCUT2D eigenvalue weighted by Crippen LogP contribution is 2.32. The van der Waals surface area contributed by atoms with E-state index in [4.69, 9.17) is 11.6 Å². The number of aromatic nitrogens is 1. The van der Waals surface area contributed by atoms with Gasteiger partial charge in [0.1, 0.15) is 11.9 Å². The van der Waals surface area contributed by atoms with Crippen molar-refractivity contribution in [3.8, 4) is 0 Å². The third-order valence-electron chi connectivity index (χ3n) is 3.23. The summed E-state index contributed by atoms with van der Waals surface area (Å²) < 4.78 is 13.4. The van der Waals surface area contributed by atoms with E-state index in [9.17, 15) is 9.50 Å². The zero-order valence-corrected chi connectivity index (χ0v) is 11.2. The van der Waals surface area contributed by atoms with E-state index in [0.29, 0.717) is 16.1 Å². The number of nitrogens with zero attached hydrogens (tertiary/aromatic N) is 1. The van der Waals surface area contributed by atoms with Gasteiger partial charge < -0.3 is 5.11 Å². The second-order valence-corrected chi connectivity index (χ2v) is 4.89. The Labute approximate surface area is 120 Å². The number of benzene rings is 2. The van der Waals surface area contributed by atoms with Gasteiger partial charge in [0.2, 0.25) is 0 Å². The Morgan fingerprint density at radius 3 is 2.70 bits per heavy atom. The van der Waals surface area contributed by atoms with Crippen molar-refractivity contribution in [2.45, 2.75) is 6.10 Å². The number of aliphatic hydroxyl groups excluding tert-OH is 1. The summed E-state index contributed by atoms with van der Waals surface area (Å²) in [4.78, 5) is 4.24. The highest BCUT2D eigenvalue weighted by atomic mass is 35.5. The Bertz CT molecular complexity index is 770. The quantitative estimate of drug-likeness (QED) is 0.769. The predicted molar refractivity (Wildman–Crippen MR) is 77.2 cm³/mol. The van der Waals surface area contributed by atoms with Crippen LogP contribution in [0.4, 0.5) is 4.39 Å². The fraction of sp³-hybridized carbons (Fsp3) is 0.0625. The normalized spacial score (nSPS) is 12.6. The van der Waals surface area contributed by atoms with E-state index in [-0.39, 0.29) is 0 Å². The SMILES string of the molecule is OC(c1cc(F)ccc1Cl)c1ccnc2ccccc12.